The zero-order chi connectivity index (χ0) is 20.9. The van der Waals surface area contributed by atoms with Gasteiger partial charge in [-0.1, -0.05) is 24.3 Å². The lowest BCUT2D eigenvalue weighted by Crippen LogP contribution is -2.43. The molecule has 3 heterocycles. The van der Waals surface area contributed by atoms with Gasteiger partial charge in [0.05, 0.1) is 11.1 Å². The van der Waals surface area contributed by atoms with E-state index in [0.717, 1.165) is 63.5 Å². The van der Waals surface area contributed by atoms with Crippen LogP contribution in [0.4, 0.5) is 0 Å². The lowest BCUT2D eigenvalue weighted by Gasteiger charge is -2.35. The van der Waals surface area contributed by atoms with E-state index in [9.17, 15) is 4.79 Å². The SMILES string of the molecule is Cc1nc(C(=O)N(CC2CCN(Cc3ccccc3C)CC2)C[C@H]2CCCO2)cs1. The van der Waals surface area contributed by atoms with Crippen molar-refractivity contribution in [2.24, 2.45) is 5.92 Å². The zero-order valence-electron chi connectivity index (χ0n) is 18.2. The minimum Gasteiger partial charge on any atom is -0.376 e. The van der Waals surface area contributed by atoms with Gasteiger partial charge in [0.25, 0.3) is 5.91 Å². The summed E-state index contributed by atoms with van der Waals surface area (Å²) in [4.78, 5) is 22.2. The van der Waals surface area contributed by atoms with E-state index in [1.54, 1.807) is 11.3 Å². The van der Waals surface area contributed by atoms with Crippen LogP contribution < -0.4 is 0 Å². The van der Waals surface area contributed by atoms with E-state index in [-0.39, 0.29) is 12.0 Å². The van der Waals surface area contributed by atoms with E-state index in [2.05, 4.69) is 41.1 Å². The number of carbonyl (C=O) groups excluding carboxylic acids is 1. The molecule has 0 radical (unpaired) electrons. The molecule has 0 bridgehead atoms. The highest BCUT2D eigenvalue weighted by atomic mass is 32.1. The molecule has 2 fully saturated rings. The fourth-order valence-electron chi connectivity index (χ4n) is 4.57. The van der Waals surface area contributed by atoms with E-state index < -0.39 is 0 Å². The monoisotopic (exact) mass is 427 g/mol. The first-order valence-corrected chi connectivity index (χ1v) is 12.1. The first-order valence-electron chi connectivity index (χ1n) is 11.2. The number of benzene rings is 1. The minimum absolute atomic E-state index is 0.0668. The second kappa shape index (κ2) is 10.0. The summed E-state index contributed by atoms with van der Waals surface area (Å²) in [7, 11) is 0. The molecular formula is C24H33N3O2S. The molecule has 5 nitrogen and oxygen atoms in total. The number of likely N-dealkylation sites (tertiary alicyclic amines) is 1. The van der Waals surface area contributed by atoms with Crippen molar-refractivity contribution in [2.45, 2.75) is 52.2 Å². The standard InChI is InChI=1S/C24H33N3O2S/c1-18-6-3-4-7-21(18)15-26-11-9-20(10-12-26)14-27(16-22-8-5-13-29-22)24(28)23-17-30-19(2)25-23/h3-4,6-7,17,20,22H,5,8-16H2,1-2H3/t22-/m1/s1. The van der Waals surface area contributed by atoms with Gasteiger partial charge in [-0.15, -0.1) is 11.3 Å². The largest absolute Gasteiger partial charge is 0.376 e. The van der Waals surface area contributed by atoms with Crippen molar-refractivity contribution in [2.75, 3.05) is 32.8 Å². The van der Waals surface area contributed by atoms with E-state index in [1.165, 1.54) is 11.1 Å². The lowest BCUT2D eigenvalue weighted by molar-refractivity contribution is 0.0441. The van der Waals surface area contributed by atoms with Gasteiger partial charge < -0.3 is 9.64 Å². The average Bonchev–Trinajstić information content (AvgIpc) is 3.42. The number of rotatable bonds is 7. The Morgan fingerprint density at radius 3 is 2.67 bits per heavy atom. The van der Waals surface area contributed by atoms with Gasteiger partial charge in [-0.25, -0.2) is 4.98 Å². The highest BCUT2D eigenvalue weighted by Gasteiger charge is 2.28. The average molecular weight is 428 g/mol. The number of hydrogen-bond donors (Lipinski definition) is 0. The Morgan fingerprint density at radius 2 is 2.00 bits per heavy atom. The number of piperidine rings is 1. The molecule has 0 aliphatic carbocycles. The molecule has 1 aromatic heterocycles. The maximum Gasteiger partial charge on any atom is 0.273 e. The Labute approximate surface area is 184 Å². The van der Waals surface area contributed by atoms with Crippen molar-refractivity contribution in [3.63, 3.8) is 0 Å². The predicted octanol–water partition coefficient (Wildman–Crippen LogP) is 4.29. The molecule has 2 aliphatic heterocycles. The minimum atomic E-state index is 0.0668. The summed E-state index contributed by atoms with van der Waals surface area (Å²) < 4.78 is 5.84. The van der Waals surface area contributed by atoms with Crippen molar-refractivity contribution < 1.29 is 9.53 Å². The molecule has 2 aliphatic rings. The Bertz CT molecular complexity index is 838. The lowest BCUT2D eigenvalue weighted by atomic mass is 9.95. The molecule has 0 saturated carbocycles. The molecule has 162 valence electrons. The number of amides is 1. The van der Waals surface area contributed by atoms with E-state index in [4.69, 9.17) is 4.74 Å². The quantitative estimate of drug-likeness (QED) is 0.661. The van der Waals surface area contributed by atoms with Crippen LogP contribution in [0.3, 0.4) is 0 Å². The Hall–Kier alpha value is -1.76. The second-order valence-electron chi connectivity index (χ2n) is 8.74. The number of nitrogens with zero attached hydrogens (tertiary/aromatic N) is 3. The smallest absolute Gasteiger partial charge is 0.273 e. The number of ether oxygens (including phenoxy) is 1. The summed E-state index contributed by atoms with van der Waals surface area (Å²) >= 11 is 1.54. The van der Waals surface area contributed by atoms with Crippen LogP contribution in [0.2, 0.25) is 0 Å². The van der Waals surface area contributed by atoms with E-state index >= 15 is 0 Å². The number of aryl methyl sites for hydroxylation is 2. The first kappa shape index (κ1) is 21.5. The van der Waals surface area contributed by atoms with Gasteiger partial charge in [-0.3, -0.25) is 9.69 Å². The van der Waals surface area contributed by atoms with E-state index in [0.29, 0.717) is 18.2 Å². The Morgan fingerprint density at radius 1 is 1.20 bits per heavy atom. The third-order valence-corrected chi connectivity index (χ3v) is 7.19. The summed E-state index contributed by atoms with van der Waals surface area (Å²) in [5, 5.41) is 2.84. The summed E-state index contributed by atoms with van der Waals surface area (Å²) in [6.45, 7) is 9.68. The zero-order valence-corrected chi connectivity index (χ0v) is 19.0. The van der Waals surface area contributed by atoms with Crippen molar-refractivity contribution in [1.82, 2.24) is 14.8 Å². The third kappa shape index (κ3) is 5.48. The van der Waals surface area contributed by atoms with Gasteiger partial charge in [0, 0.05) is 31.6 Å². The van der Waals surface area contributed by atoms with Gasteiger partial charge in [-0.2, -0.15) is 0 Å². The highest BCUT2D eigenvalue weighted by Crippen LogP contribution is 2.23. The van der Waals surface area contributed by atoms with Crippen LogP contribution in [0.5, 0.6) is 0 Å². The topological polar surface area (TPSA) is 45.7 Å². The molecular weight excluding hydrogens is 394 g/mol. The molecule has 0 N–H and O–H groups in total. The van der Waals surface area contributed by atoms with Crippen LogP contribution in [0.25, 0.3) is 0 Å². The Balaban J connectivity index is 1.34. The normalized spacial score (nSPS) is 20.5. The fourth-order valence-corrected chi connectivity index (χ4v) is 5.15. The van der Waals surface area contributed by atoms with Crippen molar-refractivity contribution in [3.05, 3.63) is 51.5 Å². The van der Waals surface area contributed by atoms with Crippen LogP contribution in [-0.4, -0.2) is 59.6 Å². The van der Waals surface area contributed by atoms with Gasteiger partial charge in [0.15, 0.2) is 0 Å². The molecule has 2 aromatic rings. The molecule has 1 amide bonds. The maximum atomic E-state index is 13.2. The predicted molar refractivity (Wildman–Crippen MR) is 121 cm³/mol. The molecule has 2 saturated heterocycles. The molecule has 30 heavy (non-hydrogen) atoms. The van der Waals surface area contributed by atoms with Crippen molar-refractivity contribution >= 4 is 17.2 Å². The van der Waals surface area contributed by atoms with Gasteiger partial charge in [0.1, 0.15) is 5.69 Å². The van der Waals surface area contributed by atoms with Crippen LogP contribution in [-0.2, 0) is 11.3 Å². The highest BCUT2D eigenvalue weighted by molar-refractivity contribution is 7.09. The fraction of sp³-hybridized carbons (Fsp3) is 0.583. The van der Waals surface area contributed by atoms with Crippen LogP contribution in [0, 0.1) is 19.8 Å². The van der Waals surface area contributed by atoms with Gasteiger partial charge in [-0.05, 0) is 69.7 Å². The molecule has 6 heteroatoms. The van der Waals surface area contributed by atoms with Crippen LogP contribution in [0.15, 0.2) is 29.6 Å². The maximum absolute atomic E-state index is 13.2. The number of aromatic nitrogens is 1. The van der Waals surface area contributed by atoms with Crippen molar-refractivity contribution in [3.8, 4) is 0 Å². The molecule has 1 atom stereocenters. The van der Waals surface area contributed by atoms with Gasteiger partial charge >= 0.3 is 0 Å². The summed E-state index contributed by atoms with van der Waals surface area (Å²) in [5.41, 5.74) is 3.38. The molecule has 0 unspecified atom stereocenters. The number of thiazole rings is 1. The molecule has 0 spiro atoms. The molecule has 4 rings (SSSR count). The summed E-state index contributed by atoms with van der Waals surface area (Å²) in [5.74, 6) is 0.611. The second-order valence-corrected chi connectivity index (χ2v) is 9.81. The summed E-state index contributed by atoms with van der Waals surface area (Å²) in [6, 6.07) is 8.66. The summed E-state index contributed by atoms with van der Waals surface area (Å²) in [6.07, 6.45) is 4.60. The van der Waals surface area contributed by atoms with Crippen molar-refractivity contribution in [1.29, 1.82) is 0 Å². The van der Waals surface area contributed by atoms with E-state index in [1.807, 2.05) is 17.2 Å². The van der Waals surface area contributed by atoms with Crippen LogP contribution in [0.1, 0.15) is 52.3 Å². The Kier molecular flexibility index (Phi) is 7.18. The number of carbonyl (C=O) groups is 1. The number of hydrogen-bond acceptors (Lipinski definition) is 5. The third-order valence-electron chi connectivity index (χ3n) is 6.41. The van der Waals surface area contributed by atoms with Crippen LogP contribution >= 0.6 is 11.3 Å². The first-order chi connectivity index (χ1) is 14.6. The molecule has 1 aromatic carbocycles. The van der Waals surface area contributed by atoms with Gasteiger partial charge in [0.2, 0.25) is 0 Å².